The van der Waals surface area contributed by atoms with E-state index in [1.165, 1.54) is 0 Å². The monoisotopic (exact) mass is 342 g/mol. The number of nitrogens with one attached hydrogen (secondary N) is 2. The predicted molar refractivity (Wildman–Crippen MR) is 91.5 cm³/mol. The predicted octanol–water partition coefficient (Wildman–Crippen LogP) is 3.12. The number of rotatable bonds is 6. The van der Waals surface area contributed by atoms with E-state index in [0.29, 0.717) is 17.4 Å². The van der Waals surface area contributed by atoms with Crippen LogP contribution in [0.2, 0.25) is 5.02 Å². The largest absolute Gasteiger partial charge is 0.350 e. The van der Waals surface area contributed by atoms with Gasteiger partial charge in [0, 0.05) is 17.1 Å². The minimum Gasteiger partial charge on any atom is -0.350 e. The van der Waals surface area contributed by atoms with Crippen LogP contribution >= 0.6 is 11.6 Å². The van der Waals surface area contributed by atoms with E-state index in [1.54, 1.807) is 18.2 Å². The first-order valence-electron chi connectivity index (χ1n) is 7.35. The number of benzene rings is 2. The summed E-state index contributed by atoms with van der Waals surface area (Å²) >= 11 is 5.93. The van der Waals surface area contributed by atoms with Crippen molar-refractivity contribution in [3.63, 3.8) is 0 Å². The number of aromatic nitrogens is 2. The van der Waals surface area contributed by atoms with E-state index >= 15 is 0 Å². The maximum Gasteiger partial charge on any atom is 0.322 e. The van der Waals surface area contributed by atoms with Gasteiger partial charge in [0.25, 0.3) is 0 Å². The molecular formula is C17H15ClN4O2. The third-order valence-corrected chi connectivity index (χ3v) is 3.48. The molecule has 0 aliphatic heterocycles. The Labute approximate surface area is 143 Å². The second kappa shape index (κ2) is 7.61. The van der Waals surface area contributed by atoms with E-state index < -0.39 is 0 Å². The fourth-order valence-electron chi connectivity index (χ4n) is 2.06. The van der Waals surface area contributed by atoms with E-state index in [1.807, 2.05) is 36.4 Å². The minimum absolute atomic E-state index is 0.0456. The topological polar surface area (TPSA) is 80.1 Å². The molecule has 3 rings (SSSR count). The summed E-state index contributed by atoms with van der Waals surface area (Å²) in [6.45, 7) is 0.517. The van der Waals surface area contributed by atoms with Crippen molar-refractivity contribution in [2.75, 3.05) is 11.9 Å². The molecule has 7 heteroatoms. The van der Waals surface area contributed by atoms with Crippen LogP contribution in [0.3, 0.4) is 0 Å². The zero-order valence-electron chi connectivity index (χ0n) is 12.7. The Balaban J connectivity index is 1.51. The van der Waals surface area contributed by atoms with Gasteiger partial charge in [-0.15, -0.1) is 0 Å². The molecule has 1 amide bonds. The van der Waals surface area contributed by atoms with Crippen LogP contribution in [0.4, 0.5) is 6.01 Å². The fourth-order valence-corrected chi connectivity index (χ4v) is 2.25. The van der Waals surface area contributed by atoms with Gasteiger partial charge in [-0.25, -0.2) is 0 Å². The number of nitrogens with zero attached hydrogens (tertiary/aromatic N) is 2. The molecule has 122 valence electrons. The summed E-state index contributed by atoms with van der Waals surface area (Å²) < 4.78 is 5.08. The highest BCUT2D eigenvalue weighted by atomic mass is 35.5. The third-order valence-electron chi connectivity index (χ3n) is 3.24. The molecule has 6 nitrogen and oxygen atoms in total. The first-order chi connectivity index (χ1) is 11.7. The molecule has 24 heavy (non-hydrogen) atoms. The Bertz CT molecular complexity index is 820. The molecule has 2 N–H and O–H groups in total. The highest BCUT2D eigenvalue weighted by Crippen LogP contribution is 2.20. The molecular weight excluding hydrogens is 328 g/mol. The van der Waals surface area contributed by atoms with Crippen molar-refractivity contribution in [1.29, 1.82) is 0 Å². The summed E-state index contributed by atoms with van der Waals surface area (Å²) in [6, 6.07) is 17.0. The van der Waals surface area contributed by atoms with Crippen molar-refractivity contribution in [2.45, 2.75) is 6.54 Å². The molecule has 1 heterocycles. The van der Waals surface area contributed by atoms with E-state index in [0.717, 1.165) is 11.1 Å². The molecule has 1 aromatic heterocycles. The highest BCUT2D eigenvalue weighted by molar-refractivity contribution is 6.30. The fraction of sp³-hybridized carbons (Fsp3) is 0.118. The lowest BCUT2D eigenvalue weighted by atomic mass is 10.2. The Morgan fingerprint density at radius 2 is 1.96 bits per heavy atom. The molecule has 0 saturated carbocycles. The van der Waals surface area contributed by atoms with Crippen molar-refractivity contribution >= 4 is 23.5 Å². The smallest absolute Gasteiger partial charge is 0.322 e. The van der Waals surface area contributed by atoms with Crippen molar-refractivity contribution in [1.82, 2.24) is 15.5 Å². The summed E-state index contributed by atoms with van der Waals surface area (Å²) in [5, 5.41) is 10.1. The van der Waals surface area contributed by atoms with E-state index in [9.17, 15) is 4.79 Å². The van der Waals surface area contributed by atoms with Gasteiger partial charge in [-0.05, 0) is 17.7 Å². The van der Waals surface area contributed by atoms with Gasteiger partial charge in [-0.2, -0.15) is 4.98 Å². The Morgan fingerprint density at radius 3 is 2.75 bits per heavy atom. The lowest BCUT2D eigenvalue weighted by molar-refractivity contribution is -0.119. The maximum atomic E-state index is 11.8. The zero-order valence-corrected chi connectivity index (χ0v) is 13.5. The number of anilines is 1. The van der Waals surface area contributed by atoms with E-state index in [4.69, 9.17) is 16.1 Å². The molecule has 3 aromatic rings. The van der Waals surface area contributed by atoms with Gasteiger partial charge in [0.05, 0.1) is 6.54 Å². The molecule has 0 unspecified atom stereocenters. The summed E-state index contributed by atoms with van der Waals surface area (Å²) in [6.07, 6.45) is 0. The number of halogens is 1. The molecule has 0 bridgehead atoms. The van der Waals surface area contributed by atoms with Crippen LogP contribution in [0.5, 0.6) is 0 Å². The van der Waals surface area contributed by atoms with Crippen molar-refractivity contribution < 1.29 is 9.32 Å². The summed E-state index contributed by atoms with van der Waals surface area (Å²) in [7, 11) is 0. The van der Waals surface area contributed by atoms with Crippen LogP contribution in [0, 0.1) is 0 Å². The van der Waals surface area contributed by atoms with Gasteiger partial charge in [0.15, 0.2) is 0 Å². The van der Waals surface area contributed by atoms with Crippen molar-refractivity contribution in [3.8, 4) is 11.4 Å². The number of carbonyl (C=O) groups excluding carboxylic acids is 1. The van der Waals surface area contributed by atoms with Crippen molar-refractivity contribution in [2.24, 2.45) is 0 Å². The quantitative estimate of drug-likeness (QED) is 0.719. The highest BCUT2D eigenvalue weighted by Gasteiger charge is 2.10. The summed E-state index contributed by atoms with van der Waals surface area (Å²) in [5.74, 6) is 0.242. The lowest BCUT2D eigenvalue weighted by Crippen LogP contribution is -2.29. The summed E-state index contributed by atoms with van der Waals surface area (Å²) in [4.78, 5) is 16.0. The molecule has 0 atom stereocenters. The average Bonchev–Trinajstić information content (AvgIpc) is 3.08. The molecule has 2 aromatic carbocycles. The molecule has 0 aliphatic rings. The molecule has 0 saturated heterocycles. The SMILES string of the molecule is O=C(CNc1nc(-c2cccc(Cl)c2)no1)NCc1ccccc1. The third kappa shape index (κ3) is 4.33. The number of hydrogen-bond acceptors (Lipinski definition) is 5. The molecule has 0 spiro atoms. The van der Waals surface area contributed by atoms with Crippen LogP contribution in [0.25, 0.3) is 11.4 Å². The van der Waals surface area contributed by atoms with Gasteiger partial charge >= 0.3 is 6.01 Å². The van der Waals surface area contributed by atoms with Crippen LogP contribution in [-0.2, 0) is 11.3 Å². The second-order valence-electron chi connectivity index (χ2n) is 5.05. The van der Waals surface area contributed by atoms with Gasteiger partial charge in [-0.1, -0.05) is 59.2 Å². The van der Waals surface area contributed by atoms with Crippen LogP contribution in [0.1, 0.15) is 5.56 Å². The Morgan fingerprint density at radius 1 is 1.12 bits per heavy atom. The van der Waals surface area contributed by atoms with Gasteiger partial charge in [-0.3, -0.25) is 4.79 Å². The Kier molecular flexibility index (Phi) is 5.08. The maximum absolute atomic E-state index is 11.8. The van der Waals surface area contributed by atoms with Gasteiger partial charge in [0.1, 0.15) is 0 Å². The normalized spacial score (nSPS) is 10.4. The van der Waals surface area contributed by atoms with Gasteiger partial charge < -0.3 is 15.2 Å². The lowest BCUT2D eigenvalue weighted by Gasteiger charge is -2.05. The standard InChI is InChI=1S/C17H15ClN4O2/c18-14-8-4-7-13(9-14)16-21-17(24-22-16)20-11-15(23)19-10-12-5-2-1-3-6-12/h1-9H,10-11H2,(H,19,23)(H,20,21,22). The first kappa shape index (κ1) is 16.0. The van der Waals surface area contributed by atoms with Crippen LogP contribution in [0.15, 0.2) is 59.1 Å². The number of carbonyl (C=O) groups is 1. The van der Waals surface area contributed by atoms with E-state index in [2.05, 4.69) is 20.8 Å². The number of amides is 1. The Hall–Kier alpha value is -2.86. The molecule has 0 aliphatic carbocycles. The van der Waals surface area contributed by atoms with Crippen LogP contribution in [-0.4, -0.2) is 22.6 Å². The second-order valence-corrected chi connectivity index (χ2v) is 5.49. The number of hydrogen-bond donors (Lipinski definition) is 2. The average molecular weight is 343 g/mol. The first-order valence-corrected chi connectivity index (χ1v) is 7.72. The molecule has 0 radical (unpaired) electrons. The van der Waals surface area contributed by atoms with E-state index in [-0.39, 0.29) is 18.5 Å². The van der Waals surface area contributed by atoms with Gasteiger partial charge in [0.2, 0.25) is 11.7 Å². The van der Waals surface area contributed by atoms with Crippen molar-refractivity contribution in [3.05, 3.63) is 65.2 Å². The zero-order chi connectivity index (χ0) is 16.8. The van der Waals surface area contributed by atoms with Crippen LogP contribution < -0.4 is 10.6 Å². The minimum atomic E-state index is -0.165. The molecule has 0 fully saturated rings. The summed E-state index contributed by atoms with van der Waals surface area (Å²) in [5.41, 5.74) is 1.78.